The molecule has 0 bridgehead atoms. The minimum absolute atomic E-state index is 0.0328. The number of anilines is 1. The minimum Gasteiger partial charge on any atom is -0.490 e. The van der Waals surface area contributed by atoms with Gasteiger partial charge in [-0.05, 0) is 83.8 Å². The highest BCUT2D eigenvalue weighted by Crippen LogP contribution is 2.52. The predicted octanol–water partition coefficient (Wildman–Crippen LogP) is 5.03. The van der Waals surface area contributed by atoms with E-state index in [1.807, 2.05) is 33.0 Å². The Balaban J connectivity index is 0.978. The summed E-state index contributed by atoms with van der Waals surface area (Å²) in [4.78, 5) is 35.7. The summed E-state index contributed by atoms with van der Waals surface area (Å²) >= 11 is 0. The summed E-state index contributed by atoms with van der Waals surface area (Å²) in [5, 5.41) is 0. The van der Waals surface area contributed by atoms with Crippen molar-refractivity contribution >= 4 is 11.7 Å². The molecule has 7 rings (SSSR count). The average Bonchev–Trinajstić information content (AvgIpc) is 3.43. The van der Waals surface area contributed by atoms with Crippen LogP contribution in [-0.4, -0.2) is 101 Å². The molecule has 3 fully saturated rings. The Bertz CT molecular complexity index is 1610. The zero-order valence-corrected chi connectivity index (χ0v) is 28.0. The van der Waals surface area contributed by atoms with Crippen LogP contribution < -0.4 is 14.4 Å². The molecule has 3 aromatic rings. The van der Waals surface area contributed by atoms with E-state index >= 15 is 0 Å². The second kappa shape index (κ2) is 13.0. The Morgan fingerprint density at radius 3 is 2.70 bits per heavy atom. The Hall–Kier alpha value is -3.83. The third kappa shape index (κ3) is 6.52. The van der Waals surface area contributed by atoms with E-state index in [0.717, 1.165) is 63.7 Å². The molecule has 0 unspecified atom stereocenters. The summed E-state index contributed by atoms with van der Waals surface area (Å²) < 4.78 is 27.2. The van der Waals surface area contributed by atoms with E-state index in [2.05, 4.69) is 31.7 Å². The lowest BCUT2D eigenvalue weighted by Gasteiger charge is -2.59. The number of hydrogen-bond donors (Lipinski definition) is 0. The standard InChI is InChI=1S/C36H46FN7O3/c1-5-44(24(2)3)35(45)28-14-26(37)6-7-31(28)47-33-17-38-23-40-34(33)43-21-36(22-43)15-27(16-36)46-32-8-11-39-30-10-13-42(20-29(30)32)19-25-9-12-41(4)18-25/h6-8,11,14,17,23-25,27H,5,9-10,12-13,15-16,18-22H2,1-4H3/t25-/m0/s1. The maximum absolute atomic E-state index is 14.3. The van der Waals surface area contributed by atoms with E-state index in [9.17, 15) is 9.18 Å². The third-order valence-corrected chi connectivity index (χ3v) is 10.4. The molecule has 47 heavy (non-hydrogen) atoms. The topological polar surface area (TPSA) is 87.2 Å². The number of ether oxygens (including phenoxy) is 2. The number of carbonyl (C=O) groups is 1. The fourth-order valence-corrected chi connectivity index (χ4v) is 8.01. The molecule has 1 aromatic carbocycles. The third-order valence-electron chi connectivity index (χ3n) is 10.4. The van der Waals surface area contributed by atoms with Gasteiger partial charge in [0.25, 0.3) is 5.91 Å². The van der Waals surface area contributed by atoms with Crippen molar-refractivity contribution in [2.24, 2.45) is 11.3 Å². The molecule has 2 aromatic heterocycles. The van der Waals surface area contributed by atoms with Crippen molar-refractivity contribution in [3.8, 4) is 17.2 Å². The maximum atomic E-state index is 14.3. The van der Waals surface area contributed by atoms with Crippen molar-refractivity contribution in [3.63, 3.8) is 0 Å². The zero-order valence-electron chi connectivity index (χ0n) is 28.0. The summed E-state index contributed by atoms with van der Waals surface area (Å²) in [5.74, 6) is 2.38. The molecule has 1 saturated carbocycles. The van der Waals surface area contributed by atoms with Crippen molar-refractivity contribution in [2.45, 2.75) is 65.1 Å². The molecule has 0 radical (unpaired) electrons. The average molecular weight is 644 g/mol. The van der Waals surface area contributed by atoms with Gasteiger partial charge in [-0.1, -0.05) is 0 Å². The number of pyridine rings is 1. The molecule has 250 valence electrons. The van der Waals surface area contributed by atoms with Crippen LogP contribution in [0.2, 0.25) is 0 Å². The molecule has 1 amide bonds. The number of halogens is 1. The van der Waals surface area contributed by atoms with Gasteiger partial charge in [0.2, 0.25) is 0 Å². The molecule has 3 aliphatic heterocycles. The molecule has 10 nitrogen and oxygen atoms in total. The van der Waals surface area contributed by atoms with E-state index in [1.165, 1.54) is 55.3 Å². The van der Waals surface area contributed by atoms with Crippen LogP contribution in [0.15, 0.2) is 43.0 Å². The fourth-order valence-electron chi connectivity index (χ4n) is 8.01. The van der Waals surface area contributed by atoms with Gasteiger partial charge in [0.1, 0.15) is 29.7 Å². The molecule has 2 saturated heterocycles. The molecule has 1 spiro atoms. The van der Waals surface area contributed by atoms with Gasteiger partial charge in [-0.2, -0.15) is 0 Å². The van der Waals surface area contributed by atoms with E-state index in [-0.39, 0.29) is 34.8 Å². The predicted molar refractivity (Wildman–Crippen MR) is 177 cm³/mol. The van der Waals surface area contributed by atoms with Crippen LogP contribution in [0.5, 0.6) is 17.2 Å². The Labute approximate surface area is 276 Å². The van der Waals surface area contributed by atoms with Crippen LogP contribution in [0.1, 0.15) is 61.6 Å². The molecule has 5 heterocycles. The van der Waals surface area contributed by atoms with Gasteiger partial charge in [0, 0.05) is 81.1 Å². The highest BCUT2D eigenvalue weighted by Gasteiger charge is 2.54. The SMILES string of the molecule is CCN(C(=O)c1cc(F)ccc1Oc1cncnc1N1CC2(CC(Oc3ccnc4c3CN(C[C@H]3CCN(C)C3)CC4)C2)C1)C(C)C. The van der Waals surface area contributed by atoms with Crippen LogP contribution in [0.25, 0.3) is 0 Å². The molecule has 4 aliphatic rings. The first-order chi connectivity index (χ1) is 22.7. The summed E-state index contributed by atoms with van der Waals surface area (Å²) in [6.07, 6.45) is 9.42. The molecular weight excluding hydrogens is 597 g/mol. The number of rotatable bonds is 10. The lowest BCUT2D eigenvalue weighted by molar-refractivity contribution is -0.0353. The van der Waals surface area contributed by atoms with Gasteiger partial charge in [-0.15, -0.1) is 0 Å². The summed E-state index contributed by atoms with van der Waals surface area (Å²) in [6, 6.07) is 6.06. The van der Waals surface area contributed by atoms with Crippen molar-refractivity contribution in [1.29, 1.82) is 0 Å². The van der Waals surface area contributed by atoms with Crippen molar-refractivity contribution < 1.29 is 18.7 Å². The fraction of sp³-hybridized carbons (Fsp3) is 0.556. The van der Waals surface area contributed by atoms with Gasteiger partial charge in [0.05, 0.1) is 11.8 Å². The molecule has 1 aliphatic carbocycles. The number of carbonyl (C=O) groups excluding carboxylic acids is 1. The number of aromatic nitrogens is 3. The quantitative estimate of drug-likeness (QED) is 0.302. The smallest absolute Gasteiger partial charge is 0.257 e. The number of amides is 1. The van der Waals surface area contributed by atoms with E-state index in [1.54, 1.807) is 11.1 Å². The summed E-state index contributed by atoms with van der Waals surface area (Å²) in [7, 11) is 2.22. The van der Waals surface area contributed by atoms with E-state index in [4.69, 9.17) is 14.5 Å². The monoisotopic (exact) mass is 643 g/mol. The van der Waals surface area contributed by atoms with Gasteiger partial charge in [-0.25, -0.2) is 14.4 Å². The molecule has 0 N–H and O–H groups in total. The van der Waals surface area contributed by atoms with Crippen LogP contribution >= 0.6 is 0 Å². The second-order valence-corrected chi connectivity index (χ2v) is 14.3. The van der Waals surface area contributed by atoms with Crippen LogP contribution in [0, 0.1) is 17.2 Å². The Morgan fingerprint density at radius 1 is 1.13 bits per heavy atom. The summed E-state index contributed by atoms with van der Waals surface area (Å²) in [6.45, 7) is 13.5. The van der Waals surface area contributed by atoms with Crippen LogP contribution in [-0.2, 0) is 13.0 Å². The first-order valence-electron chi connectivity index (χ1n) is 17.1. The van der Waals surface area contributed by atoms with E-state index in [0.29, 0.717) is 18.1 Å². The normalized spacial score (nSPS) is 21.0. The lowest BCUT2D eigenvalue weighted by atomic mass is 9.61. The number of likely N-dealkylation sites (tertiary alicyclic amines) is 1. The highest BCUT2D eigenvalue weighted by atomic mass is 19.1. The van der Waals surface area contributed by atoms with Crippen LogP contribution in [0.3, 0.4) is 0 Å². The van der Waals surface area contributed by atoms with Crippen molar-refractivity contribution in [1.82, 2.24) is 29.7 Å². The van der Waals surface area contributed by atoms with Gasteiger partial charge >= 0.3 is 0 Å². The molecule has 11 heteroatoms. The minimum atomic E-state index is -0.488. The lowest BCUT2D eigenvalue weighted by Crippen LogP contribution is -2.65. The zero-order chi connectivity index (χ0) is 32.7. The van der Waals surface area contributed by atoms with Gasteiger partial charge < -0.3 is 24.2 Å². The molecule has 1 atom stereocenters. The number of fused-ring (bicyclic) bond motifs is 1. The first-order valence-corrected chi connectivity index (χ1v) is 17.1. The second-order valence-electron chi connectivity index (χ2n) is 14.3. The first kappa shape index (κ1) is 31.8. The van der Waals surface area contributed by atoms with Crippen LogP contribution in [0.4, 0.5) is 10.2 Å². The summed E-state index contributed by atoms with van der Waals surface area (Å²) in [5.41, 5.74) is 2.80. The number of nitrogens with zero attached hydrogens (tertiary/aromatic N) is 7. The number of hydrogen-bond acceptors (Lipinski definition) is 9. The maximum Gasteiger partial charge on any atom is 0.257 e. The van der Waals surface area contributed by atoms with E-state index < -0.39 is 5.82 Å². The van der Waals surface area contributed by atoms with Crippen molar-refractivity contribution in [3.05, 3.63) is 65.6 Å². The Kier molecular flexibility index (Phi) is 8.78. The van der Waals surface area contributed by atoms with Gasteiger partial charge in [-0.3, -0.25) is 14.7 Å². The Morgan fingerprint density at radius 2 is 1.96 bits per heavy atom. The number of benzene rings is 1. The van der Waals surface area contributed by atoms with Gasteiger partial charge in [0.15, 0.2) is 11.6 Å². The largest absolute Gasteiger partial charge is 0.490 e. The highest BCUT2D eigenvalue weighted by molar-refractivity contribution is 5.97. The van der Waals surface area contributed by atoms with Crippen molar-refractivity contribution in [2.75, 3.05) is 57.8 Å². The molecular formula is C36H46FN7O3.